The first-order valence-electron chi connectivity index (χ1n) is 13.4. The molecule has 0 spiro atoms. The Kier molecular flexibility index (Phi) is 7.60. The maximum Gasteiger partial charge on any atom is 0.416 e. The second-order valence-electron chi connectivity index (χ2n) is 10.7. The van der Waals surface area contributed by atoms with Crippen molar-refractivity contribution in [1.82, 2.24) is 29.7 Å². The number of rotatable bonds is 6. The van der Waals surface area contributed by atoms with E-state index in [0.717, 1.165) is 54.9 Å². The number of likely N-dealkylation sites (tertiary alicyclic amines) is 1. The van der Waals surface area contributed by atoms with E-state index in [4.69, 9.17) is 0 Å². The third-order valence-electron chi connectivity index (χ3n) is 7.87. The van der Waals surface area contributed by atoms with Crippen LogP contribution in [-0.2, 0) is 13.2 Å². The maximum atomic E-state index is 13.8. The number of anilines is 2. The van der Waals surface area contributed by atoms with E-state index in [1.165, 1.54) is 0 Å². The summed E-state index contributed by atoms with van der Waals surface area (Å²) in [6.45, 7) is 5.57. The monoisotopic (exact) mass is 566 g/mol. The molecule has 3 heterocycles. The van der Waals surface area contributed by atoms with Gasteiger partial charge in [0, 0.05) is 48.3 Å². The molecule has 1 aliphatic heterocycles. The van der Waals surface area contributed by atoms with Gasteiger partial charge in [0.15, 0.2) is 0 Å². The number of benzene rings is 2. The van der Waals surface area contributed by atoms with Crippen LogP contribution >= 0.6 is 0 Å². The van der Waals surface area contributed by atoms with Crippen LogP contribution in [0.4, 0.5) is 24.5 Å². The van der Waals surface area contributed by atoms with Crippen molar-refractivity contribution in [2.75, 3.05) is 37.4 Å². The Bertz CT molecular complexity index is 1570. The number of nitrogens with zero attached hydrogens (tertiary/aromatic N) is 7. The molecule has 2 aromatic heterocycles. The molecular formula is C29H33F3N8O. The summed E-state index contributed by atoms with van der Waals surface area (Å²) in [6, 6.07) is 8.88. The molecular weight excluding hydrogens is 533 g/mol. The minimum Gasteiger partial charge on any atom is -0.371 e. The first-order chi connectivity index (χ1) is 19.4. The summed E-state index contributed by atoms with van der Waals surface area (Å²) in [7, 11) is 5.69. The van der Waals surface area contributed by atoms with Gasteiger partial charge in [-0.05, 0) is 82.7 Å². The van der Waals surface area contributed by atoms with Crippen LogP contribution < -0.4 is 10.2 Å². The van der Waals surface area contributed by atoms with Crippen molar-refractivity contribution in [2.24, 2.45) is 7.05 Å². The van der Waals surface area contributed by atoms with E-state index >= 15 is 0 Å². The fourth-order valence-corrected chi connectivity index (χ4v) is 5.10. The number of alkyl halides is 3. The zero-order valence-electron chi connectivity index (χ0n) is 23.7. The largest absolute Gasteiger partial charge is 0.416 e. The van der Waals surface area contributed by atoms with Crippen LogP contribution in [0.1, 0.15) is 40.0 Å². The fraction of sp³-hybridized carbons (Fsp3) is 0.379. The Morgan fingerprint density at radius 3 is 2.46 bits per heavy atom. The number of hydrogen-bond acceptors (Lipinski definition) is 6. The molecule has 2 aromatic carbocycles. The summed E-state index contributed by atoms with van der Waals surface area (Å²) in [5, 5.41) is 15.4. The predicted molar refractivity (Wildman–Crippen MR) is 151 cm³/mol. The fourth-order valence-electron chi connectivity index (χ4n) is 5.10. The Morgan fingerprint density at radius 2 is 1.80 bits per heavy atom. The van der Waals surface area contributed by atoms with Gasteiger partial charge < -0.3 is 15.1 Å². The van der Waals surface area contributed by atoms with Gasteiger partial charge in [-0.2, -0.15) is 18.3 Å². The number of nitrogens with one attached hydrogen (secondary N) is 1. The van der Waals surface area contributed by atoms with Crippen molar-refractivity contribution in [3.63, 3.8) is 0 Å². The molecule has 4 aromatic rings. The highest BCUT2D eigenvalue weighted by molar-refractivity contribution is 6.05. The Hall–Kier alpha value is -4.19. The van der Waals surface area contributed by atoms with Crippen molar-refractivity contribution >= 4 is 17.3 Å². The summed E-state index contributed by atoms with van der Waals surface area (Å²) >= 11 is 0. The van der Waals surface area contributed by atoms with Crippen molar-refractivity contribution < 1.29 is 18.0 Å². The summed E-state index contributed by atoms with van der Waals surface area (Å²) in [4.78, 5) is 17.4. The number of aromatic nitrogens is 5. The van der Waals surface area contributed by atoms with Gasteiger partial charge in [-0.1, -0.05) is 11.3 Å². The Labute approximate surface area is 236 Å². The average Bonchev–Trinajstić information content (AvgIpc) is 3.54. The molecule has 0 unspecified atom stereocenters. The second kappa shape index (κ2) is 11.0. The van der Waals surface area contributed by atoms with Crippen LogP contribution in [0.25, 0.3) is 16.9 Å². The smallest absolute Gasteiger partial charge is 0.371 e. The molecule has 0 saturated carbocycles. The molecule has 0 atom stereocenters. The van der Waals surface area contributed by atoms with E-state index in [1.54, 1.807) is 46.0 Å². The third kappa shape index (κ3) is 5.97. The van der Waals surface area contributed by atoms with Gasteiger partial charge in [-0.15, -0.1) is 5.10 Å². The molecule has 5 rings (SSSR count). The number of piperidine rings is 1. The summed E-state index contributed by atoms with van der Waals surface area (Å²) in [6.07, 6.45) is 0.611. The van der Waals surface area contributed by atoms with E-state index in [2.05, 4.69) is 25.6 Å². The molecule has 0 bridgehead atoms. The number of aryl methyl sites for hydroxylation is 2. The Morgan fingerprint density at radius 1 is 1.07 bits per heavy atom. The van der Waals surface area contributed by atoms with Gasteiger partial charge in [0.2, 0.25) is 0 Å². The molecule has 0 aliphatic carbocycles. The lowest BCUT2D eigenvalue weighted by atomic mass is 10.0. The van der Waals surface area contributed by atoms with Crippen molar-refractivity contribution in [3.05, 3.63) is 71.2 Å². The van der Waals surface area contributed by atoms with Gasteiger partial charge >= 0.3 is 6.18 Å². The quantitative estimate of drug-likeness (QED) is 0.350. The lowest BCUT2D eigenvalue weighted by Gasteiger charge is -2.36. The molecule has 12 heteroatoms. The van der Waals surface area contributed by atoms with Gasteiger partial charge in [0.1, 0.15) is 5.69 Å². The minimum atomic E-state index is -4.56. The van der Waals surface area contributed by atoms with E-state index in [-0.39, 0.29) is 17.3 Å². The molecule has 216 valence electrons. The summed E-state index contributed by atoms with van der Waals surface area (Å²) in [5.74, 6) is -0.526. The predicted octanol–water partition coefficient (Wildman–Crippen LogP) is 5.09. The maximum absolute atomic E-state index is 13.8. The van der Waals surface area contributed by atoms with E-state index in [1.807, 2.05) is 39.9 Å². The second-order valence-corrected chi connectivity index (χ2v) is 10.7. The lowest BCUT2D eigenvalue weighted by Crippen LogP contribution is -2.42. The number of hydrogen-bond donors (Lipinski definition) is 1. The SMILES string of the molecule is Cc1ccc(C(=O)Nc2cc(N(C)C3CCN(C)CC3)cc(C(F)(F)F)c2)cc1-n1cc(-c2cnn(C)c2C)nn1. The Balaban J connectivity index is 1.41. The highest BCUT2D eigenvalue weighted by Gasteiger charge is 2.32. The van der Waals surface area contributed by atoms with Crippen LogP contribution in [0.3, 0.4) is 0 Å². The van der Waals surface area contributed by atoms with Gasteiger partial charge in [-0.25, -0.2) is 4.68 Å². The van der Waals surface area contributed by atoms with Crippen LogP contribution in [0.15, 0.2) is 48.8 Å². The van der Waals surface area contributed by atoms with E-state index in [9.17, 15) is 18.0 Å². The third-order valence-corrected chi connectivity index (χ3v) is 7.87. The highest BCUT2D eigenvalue weighted by atomic mass is 19.4. The van der Waals surface area contributed by atoms with E-state index < -0.39 is 17.6 Å². The topological polar surface area (TPSA) is 84.1 Å². The zero-order valence-corrected chi connectivity index (χ0v) is 23.7. The molecule has 1 saturated heterocycles. The van der Waals surface area contributed by atoms with Crippen LogP contribution in [-0.4, -0.2) is 68.8 Å². The molecule has 0 radical (unpaired) electrons. The van der Waals surface area contributed by atoms with Crippen LogP contribution in [0.2, 0.25) is 0 Å². The highest BCUT2D eigenvalue weighted by Crippen LogP contribution is 2.35. The van der Waals surface area contributed by atoms with Gasteiger partial charge in [0.05, 0.1) is 23.6 Å². The zero-order chi connectivity index (χ0) is 29.5. The molecule has 1 aliphatic rings. The van der Waals surface area contributed by atoms with E-state index in [0.29, 0.717) is 17.1 Å². The first kappa shape index (κ1) is 28.3. The molecule has 41 heavy (non-hydrogen) atoms. The lowest BCUT2D eigenvalue weighted by molar-refractivity contribution is -0.137. The molecule has 1 amide bonds. The standard InChI is InChI=1S/C29H33F3N8O/c1-18-6-7-20(12-27(18)40-17-26(35-36-40)25-16-33-39(5)19(25)2)28(41)34-22-13-21(29(30,31)32)14-24(15-22)38(4)23-8-10-37(3)11-9-23/h6-7,12-17,23H,8-11H2,1-5H3,(H,34,41). The molecule has 1 N–H and O–H groups in total. The molecule has 1 fully saturated rings. The first-order valence-corrected chi connectivity index (χ1v) is 13.4. The normalized spacial score (nSPS) is 14.8. The van der Waals surface area contributed by atoms with Gasteiger partial charge in [0.25, 0.3) is 5.91 Å². The number of amides is 1. The van der Waals surface area contributed by atoms with Crippen molar-refractivity contribution in [1.29, 1.82) is 0 Å². The van der Waals surface area contributed by atoms with Crippen molar-refractivity contribution in [3.8, 4) is 16.9 Å². The number of carbonyl (C=O) groups is 1. The summed E-state index contributed by atoms with van der Waals surface area (Å²) < 4.78 is 44.8. The number of halogens is 3. The molecule has 9 nitrogen and oxygen atoms in total. The van der Waals surface area contributed by atoms with Crippen molar-refractivity contribution in [2.45, 2.75) is 38.9 Å². The summed E-state index contributed by atoms with van der Waals surface area (Å²) in [5.41, 5.74) is 3.85. The van der Waals surface area contributed by atoms with Crippen LogP contribution in [0.5, 0.6) is 0 Å². The van der Waals surface area contributed by atoms with Crippen LogP contribution in [0, 0.1) is 13.8 Å². The minimum absolute atomic E-state index is 0.0804. The average molecular weight is 567 g/mol. The number of carbonyl (C=O) groups excluding carboxylic acids is 1. The van der Waals surface area contributed by atoms with Gasteiger partial charge in [-0.3, -0.25) is 9.48 Å².